The molecule has 0 heterocycles. The van der Waals surface area contributed by atoms with E-state index >= 15 is 0 Å². The van der Waals surface area contributed by atoms with E-state index in [4.69, 9.17) is 0 Å². The van der Waals surface area contributed by atoms with Gasteiger partial charge in [-0.2, -0.15) is 0 Å². The smallest absolute Gasteiger partial charge is 0.111 e. The van der Waals surface area contributed by atoms with Crippen molar-refractivity contribution in [3.05, 3.63) is 71.8 Å². The number of aliphatic hydroxyl groups is 4. The molecule has 2 aromatic carbocycles. The van der Waals surface area contributed by atoms with Crippen LogP contribution in [0.4, 0.5) is 0 Å². The molecule has 1 unspecified atom stereocenters. The van der Waals surface area contributed by atoms with Crippen LogP contribution < -0.4 is 0 Å². The Balaban J connectivity index is 2.77. The van der Waals surface area contributed by atoms with Gasteiger partial charge in [-0.05, 0) is 11.1 Å². The fourth-order valence-corrected chi connectivity index (χ4v) is 3.57. The summed E-state index contributed by atoms with van der Waals surface area (Å²) in [6.45, 7) is 2.04. The minimum Gasteiger partial charge on any atom is -0.395 e. The summed E-state index contributed by atoms with van der Waals surface area (Å²) in [6.07, 6.45) is 0. The van der Waals surface area contributed by atoms with E-state index in [1.54, 1.807) is 24.3 Å². The Morgan fingerprint density at radius 2 is 1.04 bits per heavy atom. The molecule has 0 fully saturated rings. The van der Waals surface area contributed by atoms with Gasteiger partial charge in [0.05, 0.1) is 25.2 Å². The standard InChI is InChI=1S/C20H26O4/c1-18(2,16-9-5-3-6-10-16)20(24,17-11-7-4-8-12-17)19(13-21,14-22)15-23/h3-12,21-24H,13-15H2,1-2H3. The number of rotatable bonds is 7. The fraction of sp³-hybridized carbons (Fsp3) is 0.400. The van der Waals surface area contributed by atoms with Crippen molar-refractivity contribution < 1.29 is 20.4 Å². The zero-order valence-electron chi connectivity index (χ0n) is 14.2. The molecule has 0 aliphatic rings. The van der Waals surface area contributed by atoms with Gasteiger partial charge in [0.15, 0.2) is 0 Å². The lowest BCUT2D eigenvalue weighted by atomic mass is 9.55. The van der Waals surface area contributed by atoms with E-state index in [2.05, 4.69) is 0 Å². The average molecular weight is 330 g/mol. The van der Waals surface area contributed by atoms with Crippen LogP contribution in [0.2, 0.25) is 0 Å². The van der Waals surface area contributed by atoms with Crippen LogP contribution in [0.5, 0.6) is 0 Å². The molecule has 0 aliphatic carbocycles. The molecule has 0 bridgehead atoms. The van der Waals surface area contributed by atoms with E-state index in [1.165, 1.54) is 0 Å². The SMILES string of the molecule is CC(C)(c1ccccc1)C(O)(c1ccccc1)C(CO)(CO)CO. The molecule has 0 spiro atoms. The van der Waals surface area contributed by atoms with Crippen molar-refractivity contribution in [3.63, 3.8) is 0 Å². The highest BCUT2D eigenvalue weighted by Crippen LogP contribution is 2.52. The van der Waals surface area contributed by atoms with Crippen molar-refractivity contribution in [3.8, 4) is 0 Å². The second kappa shape index (κ2) is 7.03. The molecule has 0 aliphatic heterocycles. The van der Waals surface area contributed by atoms with Crippen molar-refractivity contribution in [2.45, 2.75) is 24.9 Å². The molecule has 0 saturated carbocycles. The molecule has 1 atom stereocenters. The van der Waals surface area contributed by atoms with E-state index in [9.17, 15) is 20.4 Å². The first-order valence-electron chi connectivity index (χ1n) is 8.05. The van der Waals surface area contributed by atoms with Crippen molar-refractivity contribution in [2.75, 3.05) is 19.8 Å². The molecule has 2 rings (SSSR count). The number of benzene rings is 2. The molecule has 4 nitrogen and oxygen atoms in total. The molecule has 0 saturated heterocycles. The Morgan fingerprint density at radius 3 is 1.42 bits per heavy atom. The summed E-state index contributed by atoms with van der Waals surface area (Å²) in [6, 6.07) is 18.3. The second-order valence-electron chi connectivity index (χ2n) is 6.82. The van der Waals surface area contributed by atoms with Crippen molar-refractivity contribution in [2.24, 2.45) is 5.41 Å². The Hall–Kier alpha value is -1.72. The topological polar surface area (TPSA) is 80.9 Å². The van der Waals surface area contributed by atoms with Gasteiger partial charge in [0.1, 0.15) is 5.60 Å². The third-order valence-electron chi connectivity index (χ3n) is 5.27. The Bertz CT molecular complexity index is 627. The Labute approximate surface area is 143 Å². The normalized spacial score (nSPS) is 15.1. The van der Waals surface area contributed by atoms with Crippen LogP contribution in [0, 0.1) is 5.41 Å². The van der Waals surface area contributed by atoms with Gasteiger partial charge in [-0.1, -0.05) is 74.5 Å². The molecular weight excluding hydrogens is 304 g/mol. The first-order valence-corrected chi connectivity index (χ1v) is 8.05. The fourth-order valence-electron chi connectivity index (χ4n) is 3.57. The predicted octanol–water partition coefficient (Wildman–Crippen LogP) is 1.82. The van der Waals surface area contributed by atoms with E-state index in [1.807, 2.05) is 50.2 Å². The predicted molar refractivity (Wildman–Crippen MR) is 93.5 cm³/mol. The van der Waals surface area contributed by atoms with Crippen LogP contribution in [0.3, 0.4) is 0 Å². The zero-order chi connectivity index (χ0) is 17.8. The summed E-state index contributed by atoms with van der Waals surface area (Å²) < 4.78 is 0. The van der Waals surface area contributed by atoms with Gasteiger partial charge < -0.3 is 20.4 Å². The van der Waals surface area contributed by atoms with Gasteiger partial charge in [0.2, 0.25) is 0 Å². The first kappa shape index (κ1) is 18.6. The maximum atomic E-state index is 11.9. The van der Waals surface area contributed by atoms with Crippen LogP contribution in [0.25, 0.3) is 0 Å². The Kier molecular flexibility index (Phi) is 5.45. The number of aliphatic hydroxyl groups excluding tert-OH is 3. The second-order valence-corrected chi connectivity index (χ2v) is 6.82. The zero-order valence-corrected chi connectivity index (χ0v) is 14.2. The van der Waals surface area contributed by atoms with E-state index in [-0.39, 0.29) is 0 Å². The van der Waals surface area contributed by atoms with Gasteiger partial charge in [0.25, 0.3) is 0 Å². The van der Waals surface area contributed by atoms with Gasteiger partial charge >= 0.3 is 0 Å². The van der Waals surface area contributed by atoms with Crippen LogP contribution in [-0.4, -0.2) is 40.2 Å². The molecule has 2 aromatic rings. The molecule has 4 heteroatoms. The quantitative estimate of drug-likeness (QED) is 0.624. The van der Waals surface area contributed by atoms with Crippen LogP contribution in [-0.2, 0) is 11.0 Å². The molecule has 24 heavy (non-hydrogen) atoms. The van der Waals surface area contributed by atoms with Gasteiger partial charge in [-0.25, -0.2) is 0 Å². The minimum absolute atomic E-state index is 0.538. The summed E-state index contributed by atoms with van der Waals surface area (Å²) >= 11 is 0. The molecule has 0 radical (unpaired) electrons. The van der Waals surface area contributed by atoms with E-state index in [0.29, 0.717) is 5.56 Å². The number of hydrogen-bond donors (Lipinski definition) is 4. The third-order valence-corrected chi connectivity index (χ3v) is 5.27. The van der Waals surface area contributed by atoms with Crippen LogP contribution >= 0.6 is 0 Å². The van der Waals surface area contributed by atoms with Gasteiger partial charge in [-0.3, -0.25) is 0 Å². The molecule has 130 valence electrons. The van der Waals surface area contributed by atoms with E-state index < -0.39 is 36.3 Å². The van der Waals surface area contributed by atoms with Crippen LogP contribution in [0.1, 0.15) is 25.0 Å². The maximum absolute atomic E-state index is 11.9. The summed E-state index contributed by atoms with van der Waals surface area (Å²) in [7, 11) is 0. The first-order chi connectivity index (χ1) is 11.4. The summed E-state index contributed by atoms with van der Waals surface area (Å²) in [5.41, 5.74) is -2.70. The summed E-state index contributed by atoms with van der Waals surface area (Å²) in [4.78, 5) is 0. The van der Waals surface area contributed by atoms with Crippen molar-refractivity contribution in [1.29, 1.82) is 0 Å². The largest absolute Gasteiger partial charge is 0.395 e. The summed E-state index contributed by atoms with van der Waals surface area (Å²) in [5.74, 6) is 0. The lowest BCUT2D eigenvalue weighted by molar-refractivity contribution is -0.193. The molecule has 0 aromatic heterocycles. The maximum Gasteiger partial charge on any atom is 0.111 e. The highest BCUT2D eigenvalue weighted by molar-refractivity contribution is 5.38. The lowest BCUT2D eigenvalue weighted by Crippen LogP contribution is -2.62. The molecular formula is C20H26O4. The third kappa shape index (κ3) is 2.66. The van der Waals surface area contributed by atoms with E-state index in [0.717, 1.165) is 5.56 Å². The lowest BCUT2D eigenvalue weighted by Gasteiger charge is -2.53. The van der Waals surface area contributed by atoms with Gasteiger partial charge in [-0.15, -0.1) is 0 Å². The highest BCUT2D eigenvalue weighted by Gasteiger charge is 2.59. The highest BCUT2D eigenvalue weighted by atomic mass is 16.3. The summed E-state index contributed by atoms with van der Waals surface area (Å²) in [5, 5.41) is 41.9. The monoisotopic (exact) mass is 330 g/mol. The minimum atomic E-state index is -1.69. The van der Waals surface area contributed by atoms with Crippen molar-refractivity contribution >= 4 is 0 Å². The Morgan fingerprint density at radius 1 is 0.667 bits per heavy atom. The number of hydrogen-bond acceptors (Lipinski definition) is 4. The van der Waals surface area contributed by atoms with Gasteiger partial charge in [0, 0.05) is 5.41 Å². The molecule has 0 amide bonds. The van der Waals surface area contributed by atoms with Crippen LogP contribution in [0.15, 0.2) is 60.7 Å². The molecule has 4 N–H and O–H groups in total. The average Bonchev–Trinajstić information content (AvgIpc) is 2.64. The van der Waals surface area contributed by atoms with Crippen molar-refractivity contribution in [1.82, 2.24) is 0 Å².